The summed E-state index contributed by atoms with van der Waals surface area (Å²) in [6, 6.07) is 13.1. The van der Waals surface area contributed by atoms with Crippen LogP contribution in [0.1, 0.15) is 18.2 Å². The fourth-order valence-corrected chi connectivity index (χ4v) is 2.26. The van der Waals surface area contributed by atoms with E-state index in [0.29, 0.717) is 0 Å². The minimum atomic E-state index is 0.209. The molecule has 90 valence electrons. The Morgan fingerprint density at radius 1 is 1.24 bits per heavy atom. The Bertz CT molecular complexity index is 471. The number of nitrogens with zero attached hydrogens (tertiary/aromatic N) is 1. The molecule has 2 rings (SSSR count). The summed E-state index contributed by atoms with van der Waals surface area (Å²) in [4.78, 5) is 0. The summed E-state index contributed by atoms with van der Waals surface area (Å²) in [5.74, 6) is 0. The molecule has 0 amide bonds. The van der Waals surface area contributed by atoms with Crippen molar-refractivity contribution in [1.29, 1.82) is 0 Å². The normalized spacial score (nSPS) is 12.6. The van der Waals surface area contributed by atoms with Crippen LogP contribution in [0, 0.1) is 3.57 Å². The van der Waals surface area contributed by atoms with Gasteiger partial charge in [0.05, 0.1) is 0 Å². The standard InChI is InChI=1S/C14H17IN2/c1-11(16)9-14-3-2-8-17(14)10-12-4-6-13(15)7-5-12/h2-8,11H,9-10,16H2,1H3. The predicted octanol–water partition coefficient (Wildman–Crippen LogP) is 3.03. The molecule has 3 heteroatoms. The molecule has 1 aromatic carbocycles. The third-order valence-electron chi connectivity index (χ3n) is 2.72. The van der Waals surface area contributed by atoms with Gasteiger partial charge in [0.1, 0.15) is 0 Å². The van der Waals surface area contributed by atoms with Crippen LogP contribution < -0.4 is 5.73 Å². The Hall–Kier alpha value is -0.810. The average Bonchev–Trinajstić information content (AvgIpc) is 2.68. The van der Waals surface area contributed by atoms with Gasteiger partial charge in [0.2, 0.25) is 0 Å². The molecule has 0 aliphatic heterocycles. The lowest BCUT2D eigenvalue weighted by atomic mass is 10.2. The van der Waals surface area contributed by atoms with Crippen LogP contribution >= 0.6 is 22.6 Å². The zero-order chi connectivity index (χ0) is 12.3. The highest BCUT2D eigenvalue weighted by Crippen LogP contribution is 2.11. The van der Waals surface area contributed by atoms with Crippen LogP contribution in [0.4, 0.5) is 0 Å². The second kappa shape index (κ2) is 5.69. The van der Waals surface area contributed by atoms with Crippen LogP contribution in [-0.4, -0.2) is 10.6 Å². The van der Waals surface area contributed by atoms with Gasteiger partial charge in [-0.2, -0.15) is 0 Å². The molecule has 0 aliphatic carbocycles. The van der Waals surface area contributed by atoms with Crippen molar-refractivity contribution in [3.63, 3.8) is 0 Å². The van der Waals surface area contributed by atoms with Crippen molar-refractivity contribution >= 4 is 22.6 Å². The summed E-state index contributed by atoms with van der Waals surface area (Å²) in [6.07, 6.45) is 3.05. The zero-order valence-corrected chi connectivity index (χ0v) is 12.1. The Kier molecular flexibility index (Phi) is 4.23. The van der Waals surface area contributed by atoms with E-state index in [1.807, 2.05) is 6.92 Å². The summed E-state index contributed by atoms with van der Waals surface area (Å²) in [5, 5.41) is 0. The number of nitrogens with two attached hydrogens (primary N) is 1. The maximum Gasteiger partial charge on any atom is 0.0472 e. The molecule has 0 fully saturated rings. The van der Waals surface area contributed by atoms with Gasteiger partial charge < -0.3 is 10.3 Å². The van der Waals surface area contributed by atoms with E-state index in [9.17, 15) is 0 Å². The average molecular weight is 340 g/mol. The molecule has 0 bridgehead atoms. The molecule has 1 aromatic heterocycles. The molecule has 0 radical (unpaired) electrons. The van der Waals surface area contributed by atoms with E-state index in [-0.39, 0.29) is 6.04 Å². The topological polar surface area (TPSA) is 30.9 Å². The molecule has 0 aliphatic rings. The largest absolute Gasteiger partial charge is 0.347 e. The predicted molar refractivity (Wildman–Crippen MR) is 80.0 cm³/mol. The van der Waals surface area contributed by atoms with E-state index < -0.39 is 0 Å². The molecular weight excluding hydrogens is 323 g/mol. The van der Waals surface area contributed by atoms with Gasteiger partial charge >= 0.3 is 0 Å². The second-order valence-corrected chi connectivity index (χ2v) is 5.68. The van der Waals surface area contributed by atoms with Gasteiger partial charge in [-0.1, -0.05) is 12.1 Å². The monoisotopic (exact) mass is 340 g/mol. The first-order chi connectivity index (χ1) is 8.15. The van der Waals surface area contributed by atoms with Crippen molar-refractivity contribution < 1.29 is 0 Å². The zero-order valence-electron chi connectivity index (χ0n) is 9.94. The van der Waals surface area contributed by atoms with Crippen LogP contribution in [-0.2, 0) is 13.0 Å². The molecule has 1 heterocycles. The first kappa shape index (κ1) is 12.6. The molecule has 2 N–H and O–H groups in total. The summed E-state index contributed by atoms with van der Waals surface area (Å²) in [5.41, 5.74) is 8.48. The van der Waals surface area contributed by atoms with Crippen molar-refractivity contribution in [1.82, 2.24) is 4.57 Å². The van der Waals surface area contributed by atoms with Crippen LogP contribution in [0.3, 0.4) is 0 Å². The molecule has 1 unspecified atom stereocenters. The van der Waals surface area contributed by atoms with E-state index in [2.05, 4.69) is 69.8 Å². The molecule has 2 aromatic rings. The fourth-order valence-electron chi connectivity index (χ4n) is 1.91. The molecule has 0 saturated carbocycles. The number of hydrogen-bond acceptors (Lipinski definition) is 1. The van der Waals surface area contributed by atoms with E-state index in [0.717, 1.165) is 13.0 Å². The van der Waals surface area contributed by atoms with Crippen molar-refractivity contribution in [2.45, 2.75) is 25.9 Å². The third-order valence-corrected chi connectivity index (χ3v) is 3.44. The highest BCUT2D eigenvalue weighted by atomic mass is 127. The second-order valence-electron chi connectivity index (χ2n) is 4.44. The first-order valence-corrected chi connectivity index (χ1v) is 6.87. The van der Waals surface area contributed by atoms with Crippen LogP contribution in [0.2, 0.25) is 0 Å². The summed E-state index contributed by atoms with van der Waals surface area (Å²) in [7, 11) is 0. The summed E-state index contributed by atoms with van der Waals surface area (Å²) < 4.78 is 3.54. The Morgan fingerprint density at radius 3 is 2.59 bits per heavy atom. The van der Waals surface area contributed by atoms with E-state index in [1.165, 1.54) is 14.8 Å². The smallest absolute Gasteiger partial charge is 0.0472 e. The van der Waals surface area contributed by atoms with Crippen LogP contribution in [0.5, 0.6) is 0 Å². The van der Waals surface area contributed by atoms with Crippen molar-refractivity contribution in [2.24, 2.45) is 5.73 Å². The molecular formula is C14H17IN2. The van der Waals surface area contributed by atoms with Crippen molar-refractivity contribution in [2.75, 3.05) is 0 Å². The Labute approximate surface area is 116 Å². The maximum absolute atomic E-state index is 5.85. The Morgan fingerprint density at radius 2 is 1.94 bits per heavy atom. The van der Waals surface area contributed by atoms with E-state index in [4.69, 9.17) is 5.73 Å². The van der Waals surface area contributed by atoms with Gasteiger partial charge in [-0.3, -0.25) is 0 Å². The SMILES string of the molecule is CC(N)Cc1cccn1Cc1ccc(I)cc1. The Balaban J connectivity index is 2.13. The van der Waals surface area contributed by atoms with E-state index in [1.54, 1.807) is 0 Å². The molecule has 0 spiro atoms. The molecule has 0 saturated heterocycles. The van der Waals surface area contributed by atoms with Crippen molar-refractivity contribution in [3.8, 4) is 0 Å². The maximum atomic E-state index is 5.85. The molecule has 1 atom stereocenters. The number of hydrogen-bond donors (Lipinski definition) is 1. The lowest BCUT2D eigenvalue weighted by Crippen LogP contribution is -2.20. The lowest BCUT2D eigenvalue weighted by Gasteiger charge is -2.11. The number of benzene rings is 1. The van der Waals surface area contributed by atoms with E-state index >= 15 is 0 Å². The summed E-state index contributed by atoms with van der Waals surface area (Å²) in [6.45, 7) is 2.97. The van der Waals surface area contributed by atoms with Gasteiger partial charge in [0, 0.05) is 34.5 Å². The van der Waals surface area contributed by atoms with Gasteiger partial charge in [0.25, 0.3) is 0 Å². The van der Waals surface area contributed by atoms with Crippen LogP contribution in [0.15, 0.2) is 42.6 Å². The minimum Gasteiger partial charge on any atom is -0.347 e. The summed E-state index contributed by atoms with van der Waals surface area (Å²) >= 11 is 2.33. The fraction of sp³-hybridized carbons (Fsp3) is 0.286. The van der Waals surface area contributed by atoms with Gasteiger partial charge in [0.15, 0.2) is 0 Å². The quantitative estimate of drug-likeness (QED) is 0.853. The van der Waals surface area contributed by atoms with Gasteiger partial charge in [-0.05, 0) is 59.3 Å². The van der Waals surface area contributed by atoms with Gasteiger partial charge in [-0.25, -0.2) is 0 Å². The number of aromatic nitrogens is 1. The highest BCUT2D eigenvalue weighted by Gasteiger charge is 2.04. The first-order valence-electron chi connectivity index (χ1n) is 5.79. The molecule has 2 nitrogen and oxygen atoms in total. The van der Waals surface area contributed by atoms with Crippen LogP contribution in [0.25, 0.3) is 0 Å². The number of halogens is 1. The third kappa shape index (κ3) is 3.57. The molecule has 17 heavy (non-hydrogen) atoms. The number of rotatable bonds is 4. The van der Waals surface area contributed by atoms with Gasteiger partial charge in [-0.15, -0.1) is 0 Å². The van der Waals surface area contributed by atoms with Crippen molar-refractivity contribution in [3.05, 3.63) is 57.4 Å². The lowest BCUT2D eigenvalue weighted by molar-refractivity contribution is 0.666. The highest BCUT2D eigenvalue weighted by molar-refractivity contribution is 14.1. The minimum absolute atomic E-state index is 0.209.